The van der Waals surface area contributed by atoms with Gasteiger partial charge in [0.15, 0.2) is 0 Å². The van der Waals surface area contributed by atoms with E-state index in [1.807, 2.05) is 12.1 Å². The SMILES string of the molecule is [CH2-]NCc1ccc(C=O)cc1.[Y]. The van der Waals surface area contributed by atoms with E-state index in [0.717, 1.165) is 18.4 Å². The number of carbonyl (C=O) groups excluding carboxylic acids is 1. The fourth-order valence-corrected chi connectivity index (χ4v) is 0.858. The quantitative estimate of drug-likeness (QED) is 0.635. The van der Waals surface area contributed by atoms with Crippen molar-refractivity contribution in [2.45, 2.75) is 6.54 Å². The first kappa shape index (κ1) is 12.0. The Morgan fingerprint density at radius 1 is 1.33 bits per heavy atom. The average Bonchev–Trinajstić information content (AvgIpc) is 2.07. The Bertz CT molecular complexity index is 233. The maximum Gasteiger partial charge on any atom is 0.150 e. The van der Waals surface area contributed by atoms with Crippen molar-refractivity contribution in [3.8, 4) is 0 Å². The van der Waals surface area contributed by atoms with Crippen LogP contribution in [0.15, 0.2) is 24.3 Å². The van der Waals surface area contributed by atoms with Crippen LogP contribution in [0.25, 0.3) is 0 Å². The zero-order valence-electron chi connectivity index (χ0n) is 6.79. The summed E-state index contributed by atoms with van der Waals surface area (Å²) in [6, 6.07) is 7.39. The van der Waals surface area contributed by atoms with E-state index in [9.17, 15) is 4.79 Å². The van der Waals surface area contributed by atoms with Crippen molar-refractivity contribution in [1.82, 2.24) is 5.32 Å². The molecule has 1 radical (unpaired) electrons. The summed E-state index contributed by atoms with van der Waals surface area (Å²) in [5.74, 6) is 0. The predicted molar refractivity (Wildman–Crippen MR) is 44.0 cm³/mol. The van der Waals surface area contributed by atoms with Crippen LogP contribution in [0.1, 0.15) is 15.9 Å². The first-order chi connectivity index (χ1) is 5.36. The molecule has 0 bridgehead atoms. The van der Waals surface area contributed by atoms with E-state index in [1.54, 1.807) is 12.1 Å². The molecule has 0 saturated heterocycles. The summed E-state index contributed by atoms with van der Waals surface area (Å²) in [6.45, 7) is 0.735. The first-order valence-electron chi connectivity index (χ1n) is 3.41. The van der Waals surface area contributed by atoms with Crippen LogP contribution < -0.4 is 5.32 Å². The summed E-state index contributed by atoms with van der Waals surface area (Å²) in [6.07, 6.45) is 0.835. The van der Waals surface area contributed by atoms with Crippen molar-refractivity contribution in [2.75, 3.05) is 0 Å². The summed E-state index contributed by atoms with van der Waals surface area (Å²) in [7, 11) is 3.50. The number of rotatable bonds is 3. The monoisotopic (exact) mass is 237 g/mol. The number of carbonyl (C=O) groups is 1. The number of hydrogen-bond donors (Lipinski definition) is 1. The second kappa shape index (κ2) is 6.47. The van der Waals surface area contributed by atoms with Gasteiger partial charge in [0, 0.05) is 38.3 Å². The van der Waals surface area contributed by atoms with Gasteiger partial charge in [0.05, 0.1) is 0 Å². The van der Waals surface area contributed by atoms with Crippen molar-refractivity contribution < 1.29 is 37.5 Å². The van der Waals surface area contributed by atoms with E-state index < -0.39 is 0 Å². The van der Waals surface area contributed by atoms with E-state index in [4.69, 9.17) is 0 Å². The van der Waals surface area contributed by atoms with Crippen LogP contribution in [-0.2, 0) is 39.3 Å². The van der Waals surface area contributed by atoms with Gasteiger partial charge in [0.2, 0.25) is 0 Å². The van der Waals surface area contributed by atoms with Crippen LogP contribution in [0, 0.1) is 7.05 Å². The molecule has 0 fully saturated rings. The van der Waals surface area contributed by atoms with E-state index in [1.165, 1.54) is 0 Å². The van der Waals surface area contributed by atoms with Gasteiger partial charge in [-0.1, -0.05) is 24.3 Å². The molecule has 12 heavy (non-hydrogen) atoms. The molecule has 1 aromatic rings. The molecule has 0 spiro atoms. The van der Waals surface area contributed by atoms with Gasteiger partial charge in [-0.3, -0.25) is 11.8 Å². The third-order valence-electron chi connectivity index (χ3n) is 1.44. The van der Waals surface area contributed by atoms with Crippen molar-refractivity contribution in [2.24, 2.45) is 0 Å². The standard InChI is InChI=1S/C9H10NO.Y/c1-10-6-8-2-4-9(7-11)5-3-8;/h2-5,7,10H,1,6H2;/q-1;. The molecule has 0 unspecified atom stereocenters. The summed E-state index contributed by atoms with van der Waals surface area (Å²) >= 11 is 0. The largest absolute Gasteiger partial charge is 0.469 e. The van der Waals surface area contributed by atoms with Gasteiger partial charge in [-0.2, -0.15) is 0 Å². The molecule has 1 N–H and O–H groups in total. The predicted octanol–water partition coefficient (Wildman–Crippen LogP) is 1.38. The second-order valence-electron chi connectivity index (χ2n) is 2.29. The molecule has 0 heterocycles. The van der Waals surface area contributed by atoms with Crippen LogP contribution in [0.4, 0.5) is 0 Å². The van der Waals surface area contributed by atoms with Crippen LogP contribution >= 0.6 is 0 Å². The Kier molecular flexibility index (Phi) is 6.44. The van der Waals surface area contributed by atoms with E-state index in [2.05, 4.69) is 12.4 Å². The van der Waals surface area contributed by atoms with Crippen molar-refractivity contribution >= 4 is 6.29 Å². The summed E-state index contributed by atoms with van der Waals surface area (Å²) in [4.78, 5) is 10.2. The number of hydrogen-bond acceptors (Lipinski definition) is 2. The minimum atomic E-state index is 0. The van der Waals surface area contributed by atoms with Gasteiger partial charge in [-0.25, -0.2) is 0 Å². The van der Waals surface area contributed by atoms with Gasteiger partial charge >= 0.3 is 0 Å². The summed E-state index contributed by atoms with van der Waals surface area (Å²) < 4.78 is 0. The Balaban J connectivity index is 0.00000121. The van der Waals surface area contributed by atoms with Gasteiger partial charge in [-0.05, 0) is 12.1 Å². The summed E-state index contributed by atoms with van der Waals surface area (Å²) in [5.41, 5.74) is 1.84. The Labute approximate surface area is 97.6 Å². The molecule has 2 nitrogen and oxygen atoms in total. The topological polar surface area (TPSA) is 29.1 Å². The van der Waals surface area contributed by atoms with E-state index in [0.29, 0.717) is 5.56 Å². The molecule has 0 atom stereocenters. The maximum atomic E-state index is 10.2. The molecule has 3 heteroatoms. The molecular weight excluding hydrogens is 227 g/mol. The van der Waals surface area contributed by atoms with Crippen LogP contribution in [0.3, 0.4) is 0 Å². The molecule has 0 aromatic heterocycles. The first-order valence-corrected chi connectivity index (χ1v) is 3.41. The summed E-state index contributed by atoms with van der Waals surface area (Å²) in [5, 5.41) is 2.78. The molecule has 0 amide bonds. The number of nitrogens with one attached hydrogen (secondary N) is 1. The van der Waals surface area contributed by atoms with Crippen molar-refractivity contribution in [1.29, 1.82) is 0 Å². The van der Waals surface area contributed by atoms with E-state index >= 15 is 0 Å². The van der Waals surface area contributed by atoms with Gasteiger partial charge in [-0.15, -0.1) is 0 Å². The van der Waals surface area contributed by atoms with Crippen LogP contribution in [0.2, 0.25) is 0 Å². The fourth-order valence-electron chi connectivity index (χ4n) is 0.858. The van der Waals surface area contributed by atoms with Crippen LogP contribution in [-0.4, -0.2) is 6.29 Å². The molecule has 1 aromatic carbocycles. The second-order valence-corrected chi connectivity index (χ2v) is 2.29. The smallest absolute Gasteiger partial charge is 0.150 e. The van der Waals surface area contributed by atoms with Gasteiger partial charge in [0.1, 0.15) is 6.29 Å². The zero-order valence-corrected chi connectivity index (χ0v) is 9.62. The normalized spacial score (nSPS) is 8.75. The molecule has 0 aliphatic carbocycles. The Morgan fingerprint density at radius 2 is 1.92 bits per heavy atom. The van der Waals surface area contributed by atoms with Crippen molar-refractivity contribution in [3.63, 3.8) is 0 Å². The van der Waals surface area contributed by atoms with Gasteiger partial charge in [0.25, 0.3) is 0 Å². The molecule has 1 rings (SSSR count). The molecular formula is C9H10NOY-. The Morgan fingerprint density at radius 3 is 2.33 bits per heavy atom. The maximum absolute atomic E-state index is 10.2. The third kappa shape index (κ3) is 3.57. The number of benzene rings is 1. The fraction of sp³-hybridized carbons (Fsp3) is 0.111. The third-order valence-corrected chi connectivity index (χ3v) is 1.44. The molecule has 0 aliphatic heterocycles. The molecule has 61 valence electrons. The van der Waals surface area contributed by atoms with Crippen LogP contribution in [0.5, 0.6) is 0 Å². The molecule has 0 saturated carbocycles. The van der Waals surface area contributed by atoms with Crippen molar-refractivity contribution in [3.05, 3.63) is 42.4 Å². The van der Waals surface area contributed by atoms with Gasteiger partial charge < -0.3 is 5.32 Å². The average molecular weight is 237 g/mol. The zero-order chi connectivity index (χ0) is 8.10. The van der Waals surface area contributed by atoms with E-state index in [-0.39, 0.29) is 32.7 Å². The minimum absolute atomic E-state index is 0. The molecule has 0 aliphatic rings. The minimum Gasteiger partial charge on any atom is -0.469 e. The number of aldehydes is 1. The Hall–Kier alpha value is -0.0461.